The zero-order valence-electron chi connectivity index (χ0n) is 17.9. The van der Waals surface area contributed by atoms with Gasteiger partial charge in [0.25, 0.3) is 0 Å². The second-order valence-corrected chi connectivity index (χ2v) is 7.70. The number of aryl methyl sites for hydroxylation is 2. The van der Waals surface area contributed by atoms with E-state index in [0.717, 1.165) is 41.1 Å². The fourth-order valence-electron chi connectivity index (χ4n) is 3.61. The number of hydrogen-bond donors (Lipinski definition) is 2. The van der Waals surface area contributed by atoms with Crippen molar-refractivity contribution in [2.75, 3.05) is 19.8 Å². The van der Waals surface area contributed by atoms with Crippen LogP contribution in [0, 0.1) is 6.92 Å². The Morgan fingerprint density at radius 3 is 2.81 bits per heavy atom. The molecule has 164 valence electrons. The van der Waals surface area contributed by atoms with E-state index in [1.807, 2.05) is 26.0 Å². The molecular weight excluding hydrogens is 396 g/mol. The highest BCUT2D eigenvalue weighted by molar-refractivity contribution is 5.94. The van der Waals surface area contributed by atoms with Crippen LogP contribution in [0.15, 0.2) is 46.5 Å². The molecule has 2 aliphatic heterocycles. The topological polar surface area (TPSA) is 98.5 Å². The lowest BCUT2D eigenvalue weighted by Crippen LogP contribution is -2.41. The van der Waals surface area contributed by atoms with Crippen molar-refractivity contribution < 1.29 is 18.8 Å². The Morgan fingerprint density at radius 1 is 1.29 bits per heavy atom. The highest BCUT2D eigenvalue weighted by Gasteiger charge is 2.21. The van der Waals surface area contributed by atoms with Crippen LogP contribution in [0.25, 0.3) is 11.3 Å². The van der Waals surface area contributed by atoms with Crippen LogP contribution in [0.1, 0.15) is 36.8 Å². The number of aromatic nitrogens is 2. The van der Waals surface area contributed by atoms with Crippen LogP contribution in [0.5, 0.6) is 0 Å². The predicted octanol–water partition coefficient (Wildman–Crippen LogP) is 2.79. The molecule has 2 aliphatic rings. The van der Waals surface area contributed by atoms with Crippen LogP contribution in [0.4, 0.5) is 0 Å². The summed E-state index contributed by atoms with van der Waals surface area (Å²) in [6.07, 6.45) is 7.81. The van der Waals surface area contributed by atoms with Crippen LogP contribution < -0.4 is 10.6 Å². The van der Waals surface area contributed by atoms with Gasteiger partial charge in [-0.2, -0.15) is 0 Å². The van der Waals surface area contributed by atoms with E-state index in [1.54, 1.807) is 18.3 Å². The smallest absolute Gasteiger partial charge is 0.249 e. The van der Waals surface area contributed by atoms with Gasteiger partial charge < -0.3 is 24.6 Å². The first kappa shape index (κ1) is 21.1. The number of rotatable bonds is 7. The summed E-state index contributed by atoms with van der Waals surface area (Å²) >= 11 is 0. The molecule has 1 amide bonds. The van der Waals surface area contributed by atoms with Crippen molar-refractivity contribution in [2.24, 2.45) is 0 Å². The molecule has 0 spiro atoms. The Morgan fingerprint density at radius 2 is 2.13 bits per heavy atom. The summed E-state index contributed by atoms with van der Waals surface area (Å²) in [6.45, 7) is 6.09. The molecule has 0 bridgehead atoms. The Bertz CT molecular complexity index is 972. The Kier molecular flexibility index (Phi) is 6.66. The van der Waals surface area contributed by atoms with Crippen molar-refractivity contribution in [3.8, 4) is 11.3 Å². The van der Waals surface area contributed by atoms with E-state index in [9.17, 15) is 4.79 Å². The van der Waals surface area contributed by atoms with Crippen molar-refractivity contribution in [3.05, 3.63) is 59.0 Å². The summed E-state index contributed by atoms with van der Waals surface area (Å²) < 4.78 is 16.8. The molecule has 2 aromatic rings. The van der Waals surface area contributed by atoms with Gasteiger partial charge in [0.1, 0.15) is 18.1 Å². The molecule has 0 radical (unpaired) electrons. The monoisotopic (exact) mass is 424 g/mol. The number of nitrogens with zero attached hydrogens (tertiary/aromatic N) is 2. The summed E-state index contributed by atoms with van der Waals surface area (Å²) in [5, 5.41) is 10.5. The zero-order valence-corrected chi connectivity index (χ0v) is 17.9. The van der Waals surface area contributed by atoms with E-state index in [-0.39, 0.29) is 11.9 Å². The molecule has 0 aliphatic carbocycles. The van der Waals surface area contributed by atoms with Crippen LogP contribution in [0.2, 0.25) is 0 Å². The number of carbonyl (C=O) groups is 1. The van der Waals surface area contributed by atoms with Crippen LogP contribution in [-0.2, 0) is 27.3 Å². The van der Waals surface area contributed by atoms with E-state index < -0.39 is 0 Å². The number of nitrogens with one attached hydrogen (secondary N) is 2. The molecule has 0 aromatic carbocycles. The van der Waals surface area contributed by atoms with Gasteiger partial charge in [0.05, 0.1) is 5.56 Å². The van der Waals surface area contributed by atoms with Crippen LogP contribution in [-0.4, -0.2) is 41.8 Å². The largest absolute Gasteiger partial charge is 0.474 e. The molecule has 4 rings (SSSR count). The van der Waals surface area contributed by atoms with Gasteiger partial charge in [-0.15, -0.1) is 0 Å². The fourth-order valence-corrected chi connectivity index (χ4v) is 3.61. The van der Waals surface area contributed by atoms with E-state index >= 15 is 0 Å². The van der Waals surface area contributed by atoms with Gasteiger partial charge in [0.15, 0.2) is 5.88 Å². The minimum Gasteiger partial charge on any atom is -0.474 e. The van der Waals surface area contributed by atoms with Gasteiger partial charge in [-0.1, -0.05) is 12.1 Å². The minimum atomic E-state index is -0.0452. The number of hydrogen-bond acceptors (Lipinski definition) is 7. The number of pyridine rings is 1. The Hall–Kier alpha value is -3.13. The number of carbonyl (C=O) groups excluding carboxylic acids is 1. The highest BCUT2D eigenvalue weighted by atomic mass is 16.5. The molecular formula is C23H28N4O4. The fraction of sp³-hybridized carbons (Fsp3) is 0.435. The molecule has 2 aromatic heterocycles. The van der Waals surface area contributed by atoms with E-state index in [2.05, 4.69) is 20.8 Å². The summed E-state index contributed by atoms with van der Waals surface area (Å²) in [5.74, 6) is 1.36. The van der Waals surface area contributed by atoms with Gasteiger partial charge in [0, 0.05) is 55.2 Å². The zero-order chi connectivity index (χ0) is 21.6. The van der Waals surface area contributed by atoms with Crippen LogP contribution in [0.3, 0.4) is 0 Å². The highest BCUT2D eigenvalue weighted by Crippen LogP contribution is 2.27. The maximum absolute atomic E-state index is 12.5. The first-order valence-corrected chi connectivity index (χ1v) is 10.7. The van der Waals surface area contributed by atoms with Crippen LogP contribution >= 0.6 is 0 Å². The number of ether oxygens (including phenoxy) is 2. The molecule has 0 atom stereocenters. The van der Waals surface area contributed by atoms with Crippen molar-refractivity contribution in [1.82, 2.24) is 20.8 Å². The van der Waals surface area contributed by atoms with Crippen molar-refractivity contribution in [2.45, 2.75) is 45.8 Å². The third kappa shape index (κ3) is 5.14. The average molecular weight is 425 g/mol. The average Bonchev–Trinajstić information content (AvgIpc) is 3.22. The lowest BCUT2D eigenvalue weighted by molar-refractivity contribution is -0.118. The van der Waals surface area contributed by atoms with Gasteiger partial charge in [-0.05, 0) is 44.1 Å². The quantitative estimate of drug-likeness (QED) is 0.705. The van der Waals surface area contributed by atoms with Crippen molar-refractivity contribution in [1.29, 1.82) is 0 Å². The number of allylic oxidation sites excluding steroid dienone is 2. The molecule has 8 heteroatoms. The molecule has 8 nitrogen and oxygen atoms in total. The SMILES string of the molecule is CCc1onc(-c2ccc(C)nc2)c1COC1=CC=C(C(=O)NC2CCOCC2)CN1. The predicted molar refractivity (Wildman–Crippen MR) is 115 cm³/mol. The molecule has 1 fully saturated rings. The molecule has 31 heavy (non-hydrogen) atoms. The standard InChI is InChI=1S/C23H28N4O4/c1-3-20-19(22(27-31-20)16-5-4-15(2)24-12-16)14-30-21-7-6-17(13-25-21)23(28)26-18-8-10-29-11-9-18/h4-7,12,18,25H,3,8-11,13-14H2,1-2H3,(H,26,28). The lowest BCUT2D eigenvalue weighted by atomic mass is 10.1. The van der Waals surface area contributed by atoms with Gasteiger partial charge >= 0.3 is 0 Å². The summed E-state index contributed by atoms with van der Waals surface area (Å²) in [4.78, 5) is 16.8. The van der Waals surface area contributed by atoms with Gasteiger partial charge in [-0.3, -0.25) is 9.78 Å². The Balaban J connectivity index is 1.40. The second kappa shape index (κ2) is 9.78. The Labute approximate surface area is 181 Å². The minimum absolute atomic E-state index is 0.0452. The molecule has 0 unspecified atom stereocenters. The van der Waals surface area contributed by atoms with E-state index in [0.29, 0.717) is 44.2 Å². The molecule has 2 N–H and O–H groups in total. The summed E-state index contributed by atoms with van der Waals surface area (Å²) in [5.41, 5.74) is 4.17. The van der Waals surface area contributed by atoms with Gasteiger partial charge in [0.2, 0.25) is 5.91 Å². The van der Waals surface area contributed by atoms with Crippen molar-refractivity contribution in [3.63, 3.8) is 0 Å². The van der Waals surface area contributed by atoms with E-state index in [1.165, 1.54) is 0 Å². The second-order valence-electron chi connectivity index (χ2n) is 7.70. The normalized spacial score (nSPS) is 16.8. The first-order valence-electron chi connectivity index (χ1n) is 10.7. The maximum Gasteiger partial charge on any atom is 0.249 e. The number of dihydropyridines is 1. The lowest BCUT2D eigenvalue weighted by Gasteiger charge is -2.24. The number of amides is 1. The third-order valence-corrected chi connectivity index (χ3v) is 5.48. The van der Waals surface area contributed by atoms with Gasteiger partial charge in [-0.25, -0.2) is 0 Å². The maximum atomic E-state index is 12.5. The molecule has 1 saturated heterocycles. The summed E-state index contributed by atoms with van der Waals surface area (Å²) in [7, 11) is 0. The molecule has 4 heterocycles. The molecule has 0 saturated carbocycles. The van der Waals surface area contributed by atoms with Crippen molar-refractivity contribution >= 4 is 5.91 Å². The first-order chi connectivity index (χ1) is 15.1. The van der Waals surface area contributed by atoms with E-state index in [4.69, 9.17) is 14.0 Å². The third-order valence-electron chi connectivity index (χ3n) is 5.48. The summed E-state index contributed by atoms with van der Waals surface area (Å²) in [6, 6.07) is 4.11.